The van der Waals surface area contributed by atoms with Gasteiger partial charge in [0.15, 0.2) is 0 Å². The molecule has 1 fully saturated rings. The monoisotopic (exact) mass is 274 g/mol. The van der Waals surface area contributed by atoms with E-state index in [4.69, 9.17) is 4.74 Å². The van der Waals surface area contributed by atoms with Crippen LogP contribution in [0.25, 0.3) is 0 Å². The van der Waals surface area contributed by atoms with E-state index < -0.39 is 11.8 Å². The van der Waals surface area contributed by atoms with Crippen LogP contribution < -0.4 is 0 Å². The largest absolute Gasteiger partial charge is 0.381 e. The Kier molecular flexibility index (Phi) is 6.45. The van der Waals surface area contributed by atoms with Gasteiger partial charge in [0.25, 0.3) is 5.92 Å². The lowest BCUT2D eigenvalue weighted by atomic mass is 9.66. The second-order valence-corrected chi connectivity index (χ2v) is 6.11. The van der Waals surface area contributed by atoms with Crippen molar-refractivity contribution in [3.8, 4) is 0 Å². The number of rotatable bonds is 9. The summed E-state index contributed by atoms with van der Waals surface area (Å²) in [6, 6.07) is 0. The summed E-state index contributed by atoms with van der Waals surface area (Å²) in [4.78, 5) is 0. The van der Waals surface area contributed by atoms with Crippen LogP contribution in [0.4, 0.5) is 8.78 Å². The van der Waals surface area contributed by atoms with Gasteiger partial charge in [-0.05, 0) is 50.5 Å². The Morgan fingerprint density at radius 3 is 2.47 bits per heavy atom. The molecule has 0 bridgehead atoms. The van der Waals surface area contributed by atoms with Crippen LogP contribution in [0.3, 0.4) is 0 Å². The molecule has 0 saturated heterocycles. The van der Waals surface area contributed by atoms with E-state index in [1.54, 1.807) is 19.9 Å². The van der Waals surface area contributed by atoms with Gasteiger partial charge in [-0.15, -0.1) is 0 Å². The third-order valence-corrected chi connectivity index (χ3v) is 4.21. The van der Waals surface area contributed by atoms with Crippen LogP contribution in [0.15, 0.2) is 12.2 Å². The van der Waals surface area contributed by atoms with Crippen LogP contribution in [-0.2, 0) is 4.74 Å². The molecule has 0 amide bonds. The lowest BCUT2D eigenvalue weighted by Crippen LogP contribution is -2.34. The Hall–Kier alpha value is -0.440. The average molecular weight is 274 g/mol. The molecule has 1 rings (SSSR count). The molecule has 112 valence electrons. The Morgan fingerprint density at radius 1 is 1.32 bits per heavy atom. The highest BCUT2D eigenvalue weighted by Gasteiger charge is 2.36. The quantitative estimate of drug-likeness (QED) is 0.414. The Labute approximate surface area is 116 Å². The van der Waals surface area contributed by atoms with Crippen LogP contribution in [0.2, 0.25) is 0 Å². The maximum Gasteiger partial charge on any atom is 0.268 e. The fourth-order valence-corrected chi connectivity index (χ4v) is 2.49. The second-order valence-electron chi connectivity index (χ2n) is 6.11. The summed E-state index contributed by atoms with van der Waals surface area (Å²) in [5.41, 5.74) is 0.352. The molecule has 0 spiro atoms. The maximum absolute atomic E-state index is 13.3. The third kappa shape index (κ3) is 5.21. The number of alkyl halides is 2. The van der Waals surface area contributed by atoms with Crippen LogP contribution in [0, 0.1) is 11.3 Å². The fourth-order valence-electron chi connectivity index (χ4n) is 2.49. The van der Waals surface area contributed by atoms with Crippen molar-refractivity contribution in [1.29, 1.82) is 0 Å². The number of hydrogen-bond acceptors (Lipinski definition) is 1. The topological polar surface area (TPSA) is 9.23 Å². The van der Waals surface area contributed by atoms with E-state index in [1.807, 2.05) is 6.92 Å². The van der Waals surface area contributed by atoms with Gasteiger partial charge in [-0.3, -0.25) is 0 Å². The van der Waals surface area contributed by atoms with Gasteiger partial charge in [0.2, 0.25) is 0 Å². The predicted molar refractivity (Wildman–Crippen MR) is 75.6 cm³/mol. The van der Waals surface area contributed by atoms with Gasteiger partial charge in [0.1, 0.15) is 0 Å². The van der Waals surface area contributed by atoms with Crippen LogP contribution >= 0.6 is 0 Å². The minimum atomic E-state index is -2.67. The van der Waals surface area contributed by atoms with E-state index in [2.05, 4.69) is 0 Å². The van der Waals surface area contributed by atoms with Gasteiger partial charge in [-0.2, -0.15) is 0 Å². The molecule has 0 aliphatic heterocycles. The third-order valence-electron chi connectivity index (χ3n) is 4.21. The zero-order chi connectivity index (χ0) is 14.4. The first kappa shape index (κ1) is 16.6. The number of allylic oxidation sites excluding steroid dienone is 2. The number of ether oxygens (including phenoxy) is 1. The smallest absolute Gasteiger partial charge is 0.268 e. The molecule has 3 heteroatoms. The summed E-state index contributed by atoms with van der Waals surface area (Å²) in [5.74, 6) is -3.29. The molecule has 0 aromatic heterocycles. The minimum Gasteiger partial charge on any atom is -0.381 e. The van der Waals surface area contributed by atoms with Crippen molar-refractivity contribution in [2.24, 2.45) is 11.3 Å². The Balaban J connectivity index is 2.24. The lowest BCUT2D eigenvalue weighted by molar-refractivity contribution is -0.00885. The van der Waals surface area contributed by atoms with Gasteiger partial charge in [0.05, 0.1) is 6.61 Å². The molecule has 1 aliphatic carbocycles. The number of unbranched alkanes of at least 4 members (excludes halogenated alkanes) is 1. The van der Waals surface area contributed by atoms with Crippen LogP contribution in [0.5, 0.6) is 0 Å². The van der Waals surface area contributed by atoms with Crippen LogP contribution in [-0.4, -0.2) is 19.1 Å². The molecule has 0 radical (unpaired) electrons. The molecule has 0 N–H and O–H groups in total. The van der Waals surface area contributed by atoms with Crippen molar-refractivity contribution >= 4 is 0 Å². The molecule has 1 saturated carbocycles. The lowest BCUT2D eigenvalue weighted by Gasteiger charge is -2.41. The average Bonchev–Trinajstić information content (AvgIpc) is 2.30. The molecule has 19 heavy (non-hydrogen) atoms. The van der Waals surface area contributed by atoms with Crippen molar-refractivity contribution in [1.82, 2.24) is 0 Å². The maximum atomic E-state index is 13.3. The summed E-state index contributed by atoms with van der Waals surface area (Å²) in [7, 11) is 0. The van der Waals surface area contributed by atoms with E-state index in [-0.39, 0.29) is 0 Å². The highest BCUT2D eigenvalue weighted by Crippen LogP contribution is 2.45. The molecular weight excluding hydrogens is 246 g/mol. The van der Waals surface area contributed by atoms with Gasteiger partial charge in [0, 0.05) is 12.5 Å². The van der Waals surface area contributed by atoms with Crippen molar-refractivity contribution in [2.75, 3.05) is 13.2 Å². The van der Waals surface area contributed by atoms with Crippen molar-refractivity contribution in [2.45, 2.75) is 65.2 Å². The van der Waals surface area contributed by atoms with Crippen molar-refractivity contribution in [3.63, 3.8) is 0 Å². The van der Waals surface area contributed by atoms with E-state index in [1.165, 1.54) is 19.3 Å². The molecule has 1 aliphatic rings. The van der Waals surface area contributed by atoms with Gasteiger partial charge in [-0.25, -0.2) is 8.78 Å². The first-order valence-corrected chi connectivity index (χ1v) is 7.55. The van der Waals surface area contributed by atoms with Crippen molar-refractivity contribution in [3.05, 3.63) is 12.2 Å². The fraction of sp³-hybridized carbons (Fsp3) is 0.875. The number of hydrogen-bond donors (Lipinski definition) is 0. The van der Waals surface area contributed by atoms with Crippen LogP contribution in [0.1, 0.15) is 59.3 Å². The standard InChI is InChI=1S/C16H28F2O/c1-4-19-13-15(10-8-11-15)9-6-5-7-12-16(17,18)14(2)3/h7,12,14H,4-6,8-11,13H2,1-3H3/b12-7+. The SMILES string of the molecule is CCOCC1(CCC/C=C/C(F)(F)C(C)C)CCC1. The van der Waals surface area contributed by atoms with E-state index in [0.717, 1.165) is 38.6 Å². The summed E-state index contributed by atoms with van der Waals surface area (Å²) < 4.78 is 32.2. The molecule has 0 aromatic carbocycles. The normalized spacial score (nSPS) is 19.1. The zero-order valence-electron chi connectivity index (χ0n) is 12.6. The highest BCUT2D eigenvalue weighted by molar-refractivity contribution is 4.97. The van der Waals surface area contributed by atoms with E-state index in [9.17, 15) is 8.78 Å². The van der Waals surface area contributed by atoms with E-state index >= 15 is 0 Å². The Morgan fingerprint density at radius 2 is 2.00 bits per heavy atom. The van der Waals surface area contributed by atoms with Gasteiger partial charge < -0.3 is 4.74 Å². The molecule has 0 atom stereocenters. The summed E-state index contributed by atoms with van der Waals surface area (Å²) in [6.45, 7) is 6.73. The second kappa shape index (κ2) is 7.37. The summed E-state index contributed by atoms with van der Waals surface area (Å²) in [5, 5.41) is 0. The predicted octanol–water partition coefficient (Wildman–Crippen LogP) is 5.21. The molecular formula is C16H28F2O. The Bertz CT molecular complexity index is 280. The first-order valence-electron chi connectivity index (χ1n) is 7.55. The number of halogens is 2. The molecule has 0 aromatic rings. The summed E-state index contributed by atoms with van der Waals surface area (Å²) in [6.07, 6.45) is 9.31. The first-order chi connectivity index (χ1) is 8.92. The molecule has 0 unspecified atom stereocenters. The minimum absolute atomic E-state index is 0.352. The zero-order valence-corrected chi connectivity index (χ0v) is 12.6. The summed E-state index contributed by atoms with van der Waals surface area (Å²) >= 11 is 0. The molecule has 1 nitrogen and oxygen atoms in total. The van der Waals surface area contributed by atoms with Gasteiger partial charge in [-0.1, -0.05) is 26.3 Å². The van der Waals surface area contributed by atoms with E-state index in [0.29, 0.717) is 5.41 Å². The van der Waals surface area contributed by atoms with Gasteiger partial charge >= 0.3 is 0 Å². The van der Waals surface area contributed by atoms with Crippen molar-refractivity contribution < 1.29 is 13.5 Å². The highest BCUT2D eigenvalue weighted by atomic mass is 19.3. The molecule has 0 heterocycles.